The van der Waals surface area contributed by atoms with Gasteiger partial charge < -0.3 is 19.9 Å². The first-order chi connectivity index (χ1) is 13.2. The molecule has 3 aromatic rings. The Morgan fingerprint density at radius 2 is 2.11 bits per heavy atom. The summed E-state index contributed by atoms with van der Waals surface area (Å²) in [5.41, 5.74) is 9.61. The standard InChI is InChI=1S/C20H23N5O2/c1-13-4-3-9-25(13)17-7-5-14(10-16(17)12-26-2)20-23-19(24-27-20)15-6-8-18(21)22-11-15/h5-8,10-11,13H,3-4,9,12H2,1-2H3,(H2,21,22). The summed E-state index contributed by atoms with van der Waals surface area (Å²) >= 11 is 0. The van der Waals surface area contributed by atoms with Gasteiger partial charge >= 0.3 is 0 Å². The highest BCUT2D eigenvalue weighted by atomic mass is 16.5. The van der Waals surface area contributed by atoms with Crippen LogP contribution in [0.3, 0.4) is 0 Å². The van der Waals surface area contributed by atoms with Gasteiger partial charge in [0.1, 0.15) is 5.82 Å². The van der Waals surface area contributed by atoms with Crippen LogP contribution in [0, 0.1) is 0 Å². The molecule has 0 aliphatic carbocycles. The molecule has 0 amide bonds. The molecule has 0 bridgehead atoms. The first-order valence-electron chi connectivity index (χ1n) is 9.10. The highest BCUT2D eigenvalue weighted by Crippen LogP contribution is 2.32. The number of hydrogen-bond donors (Lipinski definition) is 1. The normalized spacial score (nSPS) is 16.8. The summed E-state index contributed by atoms with van der Waals surface area (Å²) in [6.45, 7) is 3.88. The van der Waals surface area contributed by atoms with Gasteiger partial charge in [0.15, 0.2) is 0 Å². The van der Waals surface area contributed by atoms with Crippen LogP contribution in [0.1, 0.15) is 25.3 Å². The van der Waals surface area contributed by atoms with E-state index in [1.54, 1.807) is 19.4 Å². The van der Waals surface area contributed by atoms with Crippen molar-refractivity contribution >= 4 is 11.5 Å². The Kier molecular flexibility index (Phi) is 4.77. The average Bonchev–Trinajstić information content (AvgIpc) is 3.32. The minimum absolute atomic E-state index is 0.457. The lowest BCUT2D eigenvalue weighted by Crippen LogP contribution is -2.27. The number of aromatic nitrogens is 3. The zero-order valence-electron chi connectivity index (χ0n) is 15.6. The molecule has 1 aliphatic rings. The zero-order valence-corrected chi connectivity index (χ0v) is 15.6. The van der Waals surface area contributed by atoms with Gasteiger partial charge in [-0.15, -0.1) is 0 Å². The number of pyridine rings is 1. The second-order valence-electron chi connectivity index (χ2n) is 6.86. The molecule has 1 aliphatic heterocycles. The summed E-state index contributed by atoms with van der Waals surface area (Å²) < 4.78 is 10.9. The molecule has 7 heteroatoms. The van der Waals surface area contributed by atoms with Crippen LogP contribution in [0.5, 0.6) is 0 Å². The van der Waals surface area contributed by atoms with Crippen LogP contribution in [0.4, 0.5) is 11.5 Å². The maximum Gasteiger partial charge on any atom is 0.258 e. The third-order valence-electron chi connectivity index (χ3n) is 4.96. The summed E-state index contributed by atoms with van der Waals surface area (Å²) in [5, 5.41) is 4.07. The molecule has 1 unspecified atom stereocenters. The Hall–Kier alpha value is -2.93. The summed E-state index contributed by atoms with van der Waals surface area (Å²) in [4.78, 5) is 11.0. The molecule has 0 radical (unpaired) electrons. The largest absolute Gasteiger partial charge is 0.384 e. The number of nitrogens with two attached hydrogens (primary N) is 1. The lowest BCUT2D eigenvalue weighted by atomic mass is 10.1. The van der Waals surface area contributed by atoms with Crippen molar-refractivity contribution in [3.63, 3.8) is 0 Å². The van der Waals surface area contributed by atoms with Crippen molar-refractivity contribution in [2.45, 2.75) is 32.4 Å². The van der Waals surface area contributed by atoms with Crippen molar-refractivity contribution in [3.8, 4) is 22.8 Å². The first kappa shape index (κ1) is 17.5. The summed E-state index contributed by atoms with van der Waals surface area (Å²) in [7, 11) is 1.71. The average molecular weight is 365 g/mol. The van der Waals surface area contributed by atoms with Gasteiger partial charge in [-0.1, -0.05) is 5.16 Å². The van der Waals surface area contributed by atoms with Crippen LogP contribution in [0.2, 0.25) is 0 Å². The van der Waals surface area contributed by atoms with E-state index in [-0.39, 0.29) is 0 Å². The molecule has 3 heterocycles. The number of nitrogen functional groups attached to an aromatic ring is 1. The van der Waals surface area contributed by atoms with Crippen LogP contribution in [-0.4, -0.2) is 34.8 Å². The minimum atomic E-state index is 0.457. The number of anilines is 2. The molecular formula is C20H23N5O2. The van der Waals surface area contributed by atoms with E-state index in [1.165, 1.54) is 18.5 Å². The molecule has 1 atom stereocenters. The van der Waals surface area contributed by atoms with E-state index in [0.717, 1.165) is 23.2 Å². The maximum absolute atomic E-state index is 5.63. The van der Waals surface area contributed by atoms with Crippen molar-refractivity contribution < 1.29 is 9.26 Å². The Morgan fingerprint density at radius 3 is 2.81 bits per heavy atom. The lowest BCUT2D eigenvalue weighted by molar-refractivity contribution is 0.185. The molecule has 140 valence electrons. The fourth-order valence-electron chi connectivity index (χ4n) is 3.56. The van der Waals surface area contributed by atoms with Gasteiger partial charge in [0.05, 0.1) is 6.61 Å². The van der Waals surface area contributed by atoms with Crippen molar-refractivity contribution in [1.82, 2.24) is 15.1 Å². The minimum Gasteiger partial charge on any atom is -0.384 e. The second kappa shape index (κ2) is 7.36. The molecule has 7 nitrogen and oxygen atoms in total. The Morgan fingerprint density at radius 1 is 1.26 bits per heavy atom. The van der Waals surface area contributed by atoms with Crippen LogP contribution in [-0.2, 0) is 11.3 Å². The van der Waals surface area contributed by atoms with Crippen LogP contribution in [0.15, 0.2) is 41.1 Å². The Bertz CT molecular complexity index is 922. The van der Waals surface area contributed by atoms with Gasteiger partial charge in [0.2, 0.25) is 5.82 Å². The van der Waals surface area contributed by atoms with E-state index < -0.39 is 0 Å². The summed E-state index contributed by atoms with van der Waals surface area (Å²) in [5.74, 6) is 1.42. The molecule has 0 spiro atoms. The number of hydrogen-bond acceptors (Lipinski definition) is 7. The van der Waals surface area contributed by atoms with Crippen LogP contribution in [0.25, 0.3) is 22.8 Å². The third-order valence-corrected chi connectivity index (χ3v) is 4.96. The molecule has 2 aromatic heterocycles. The Balaban J connectivity index is 1.66. The van der Waals surface area contributed by atoms with Gasteiger partial charge in [-0.3, -0.25) is 0 Å². The van der Waals surface area contributed by atoms with Gasteiger partial charge in [-0.25, -0.2) is 4.98 Å². The predicted molar refractivity (Wildman–Crippen MR) is 104 cm³/mol. The topological polar surface area (TPSA) is 90.3 Å². The third kappa shape index (κ3) is 3.50. The number of ether oxygens (including phenoxy) is 1. The number of nitrogens with zero attached hydrogens (tertiary/aromatic N) is 4. The highest BCUT2D eigenvalue weighted by Gasteiger charge is 2.23. The molecule has 1 aromatic carbocycles. The number of rotatable bonds is 5. The van der Waals surface area contributed by atoms with E-state index >= 15 is 0 Å². The zero-order chi connectivity index (χ0) is 18.8. The smallest absolute Gasteiger partial charge is 0.258 e. The highest BCUT2D eigenvalue weighted by molar-refractivity contribution is 5.66. The van der Waals surface area contributed by atoms with Crippen molar-refractivity contribution in [3.05, 3.63) is 42.1 Å². The summed E-state index contributed by atoms with van der Waals surface area (Å²) in [6.07, 6.45) is 4.08. The Labute approximate surface area is 158 Å². The first-order valence-corrected chi connectivity index (χ1v) is 9.10. The van der Waals surface area contributed by atoms with Crippen LogP contribution < -0.4 is 10.6 Å². The van der Waals surface area contributed by atoms with E-state index in [9.17, 15) is 0 Å². The molecule has 4 rings (SSSR count). The van der Waals surface area contributed by atoms with E-state index in [1.807, 2.05) is 12.1 Å². The molecule has 1 saturated heterocycles. The summed E-state index contributed by atoms with van der Waals surface area (Å²) in [6, 6.07) is 10.3. The van der Waals surface area contributed by atoms with Gasteiger partial charge in [0, 0.05) is 48.3 Å². The number of benzene rings is 1. The quantitative estimate of drug-likeness (QED) is 0.740. The van der Waals surface area contributed by atoms with Crippen molar-refractivity contribution in [2.75, 3.05) is 24.3 Å². The monoisotopic (exact) mass is 365 g/mol. The number of methoxy groups -OCH3 is 1. The van der Waals surface area contributed by atoms with Crippen LogP contribution >= 0.6 is 0 Å². The van der Waals surface area contributed by atoms with E-state index in [2.05, 4.69) is 39.1 Å². The predicted octanol–water partition coefficient (Wildman–Crippen LogP) is 3.52. The van der Waals surface area contributed by atoms with Gasteiger partial charge in [0.25, 0.3) is 5.89 Å². The van der Waals surface area contributed by atoms with Crippen molar-refractivity contribution in [1.29, 1.82) is 0 Å². The van der Waals surface area contributed by atoms with Gasteiger partial charge in [-0.2, -0.15) is 4.98 Å². The SMILES string of the molecule is COCc1cc(-c2nc(-c3ccc(N)nc3)no2)ccc1N1CCCC1C. The fourth-order valence-corrected chi connectivity index (χ4v) is 3.56. The molecular weight excluding hydrogens is 342 g/mol. The fraction of sp³-hybridized carbons (Fsp3) is 0.350. The van der Waals surface area contributed by atoms with E-state index in [4.69, 9.17) is 15.0 Å². The maximum atomic E-state index is 5.63. The second-order valence-corrected chi connectivity index (χ2v) is 6.86. The molecule has 2 N–H and O–H groups in total. The van der Waals surface area contributed by atoms with Crippen molar-refractivity contribution in [2.24, 2.45) is 0 Å². The lowest BCUT2D eigenvalue weighted by Gasteiger charge is -2.26. The van der Waals surface area contributed by atoms with Gasteiger partial charge in [-0.05, 0) is 50.1 Å². The molecule has 0 saturated carbocycles. The molecule has 27 heavy (non-hydrogen) atoms. The molecule has 1 fully saturated rings. The van der Waals surface area contributed by atoms with E-state index in [0.29, 0.717) is 30.2 Å².